The van der Waals surface area contributed by atoms with Gasteiger partial charge in [-0.05, 0) is 63.3 Å². The first kappa shape index (κ1) is 24.6. The van der Waals surface area contributed by atoms with Crippen molar-refractivity contribution in [3.63, 3.8) is 0 Å². The van der Waals surface area contributed by atoms with Crippen LogP contribution < -0.4 is 10.0 Å². The van der Waals surface area contributed by atoms with E-state index in [4.69, 9.17) is 0 Å². The van der Waals surface area contributed by atoms with Gasteiger partial charge in [-0.2, -0.15) is 0 Å². The molecule has 4 amide bonds. The highest BCUT2D eigenvalue weighted by Gasteiger charge is 2.38. The standard InChI is InChI=1S/C23H36N4O4S/c1-3-8-18(21(29)25-32-17-10-11-17)24-22(30)19-9-7-14-27(19)23(31)16(2)15-20(28)26-12-5-4-6-13-26/h3,16-19H,1,4-15H2,2H3,(H,24,30)(H,25,29)/t16-,18?,19+/m1/s1. The van der Waals surface area contributed by atoms with Crippen LogP contribution in [-0.4, -0.2) is 70.4 Å². The van der Waals surface area contributed by atoms with E-state index >= 15 is 0 Å². The fraction of sp³-hybridized carbons (Fsp3) is 0.739. The van der Waals surface area contributed by atoms with E-state index in [1.165, 1.54) is 11.9 Å². The summed E-state index contributed by atoms with van der Waals surface area (Å²) in [6, 6.07) is -1.31. The Hall–Kier alpha value is -2.03. The minimum absolute atomic E-state index is 0.0154. The number of nitrogens with zero attached hydrogens (tertiary/aromatic N) is 2. The van der Waals surface area contributed by atoms with Crippen molar-refractivity contribution in [1.82, 2.24) is 19.8 Å². The van der Waals surface area contributed by atoms with Crippen LogP contribution in [0, 0.1) is 5.92 Å². The second-order valence-corrected chi connectivity index (χ2v) is 10.2. The normalized spacial score (nSPS) is 22.7. The smallest absolute Gasteiger partial charge is 0.252 e. The zero-order chi connectivity index (χ0) is 23.1. The average molecular weight is 465 g/mol. The van der Waals surface area contributed by atoms with Gasteiger partial charge in [0.25, 0.3) is 5.91 Å². The molecule has 1 aliphatic carbocycles. The highest BCUT2D eigenvalue weighted by molar-refractivity contribution is 7.98. The van der Waals surface area contributed by atoms with E-state index in [1.54, 1.807) is 17.9 Å². The van der Waals surface area contributed by atoms with Crippen LogP contribution in [-0.2, 0) is 19.2 Å². The quantitative estimate of drug-likeness (QED) is 0.381. The molecule has 0 radical (unpaired) electrons. The molecule has 1 saturated carbocycles. The zero-order valence-electron chi connectivity index (χ0n) is 19.0. The lowest BCUT2D eigenvalue weighted by molar-refractivity contribution is -0.144. The monoisotopic (exact) mass is 464 g/mol. The molecule has 3 aliphatic rings. The first-order chi connectivity index (χ1) is 15.4. The number of nitrogens with one attached hydrogen (secondary N) is 2. The number of hydrogen-bond donors (Lipinski definition) is 2. The van der Waals surface area contributed by atoms with E-state index in [0.717, 1.165) is 51.6 Å². The zero-order valence-corrected chi connectivity index (χ0v) is 19.8. The largest absolute Gasteiger partial charge is 0.343 e. The van der Waals surface area contributed by atoms with Crippen molar-refractivity contribution in [2.75, 3.05) is 19.6 Å². The Kier molecular flexibility index (Phi) is 9.02. The number of carbonyl (C=O) groups excluding carboxylic acids is 4. The summed E-state index contributed by atoms with van der Waals surface area (Å²) in [6.07, 6.45) is 8.76. The van der Waals surface area contributed by atoms with Gasteiger partial charge in [-0.3, -0.25) is 23.9 Å². The molecule has 32 heavy (non-hydrogen) atoms. The second kappa shape index (κ2) is 11.7. The minimum Gasteiger partial charge on any atom is -0.343 e. The molecule has 3 atom stereocenters. The van der Waals surface area contributed by atoms with Gasteiger partial charge in [0.1, 0.15) is 12.1 Å². The fourth-order valence-electron chi connectivity index (χ4n) is 4.27. The Morgan fingerprint density at radius 2 is 1.78 bits per heavy atom. The van der Waals surface area contributed by atoms with Crippen molar-refractivity contribution in [3.05, 3.63) is 12.7 Å². The molecule has 0 aromatic heterocycles. The van der Waals surface area contributed by atoms with Crippen LogP contribution in [0.4, 0.5) is 0 Å². The highest BCUT2D eigenvalue weighted by atomic mass is 32.2. The minimum atomic E-state index is -0.707. The van der Waals surface area contributed by atoms with Crippen molar-refractivity contribution in [1.29, 1.82) is 0 Å². The summed E-state index contributed by atoms with van der Waals surface area (Å²) in [5, 5.41) is 3.28. The Labute approximate surface area is 195 Å². The molecule has 2 heterocycles. The van der Waals surface area contributed by atoms with Crippen LogP contribution in [0.15, 0.2) is 12.7 Å². The molecule has 178 valence electrons. The SMILES string of the molecule is C=CCC(NC(=O)[C@@H]1CCCN1C(=O)[C@H](C)CC(=O)N1CCCCC1)C(=O)NSC1CC1. The molecule has 0 aromatic carbocycles. The molecule has 2 aliphatic heterocycles. The summed E-state index contributed by atoms with van der Waals surface area (Å²) in [7, 11) is 0. The Morgan fingerprint density at radius 3 is 2.44 bits per heavy atom. The van der Waals surface area contributed by atoms with E-state index in [0.29, 0.717) is 24.6 Å². The average Bonchev–Trinajstić information content (AvgIpc) is 3.50. The van der Waals surface area contributed by atoms with Gasteiger partial charge in [0.05, 0.1) is 0 Å². The molecule has 0 aromatic rings. The van der Waals surface area contributed by atoms with Gasteiger partial charge in [-0.1, -0.05) is 13.0 Å². The highest BCUT2D eigenvalue weighted by Crippen LogP contribution is 2.31. The van der Waals surface area contributed by atoms with Crippen LogP contribution in [0.5, 0.6) is 0 Å². The third-order valence-electron chi connectivity index (χ3n) is 6.34. The first-order valence-electron chi connectivity index (χ1n) is 11.9. The maximum atomic E-state index is 13.1. The van der Waals surface area contributed by atoms with Gasteiger partial charge in [0, 0.05) is 37.2 Å². The number of likely N-dealkylation sites (tertiary alicyclic amines) is 2. The van der Waals surface area contributed by atoms with Gasteiger partial charge in [0.2, 0.25) is 17.7 Å². The molecule has 2 saturated heterocycles. The molecular formula is C23H36N4O4S. The second-order valence-electron chi connectivity index (χ2n) is 9.11. The van der Waals surface area contributed by atoms with E-state index in [1.807, 2.05) is 4.90 Å². The van der Waals surface area contributed by atoms with Crippen LogP contribution in [0.1, 0.15) is 64.7 Å². The van der Waals surface area contributed by atoms with Crippen molar-refractivity contribution in [3.8, 4) is 0 Å². The molecule has 3 rings (SSSR count). The summed E-state index contributed by atoms with van der Waals surface area (Å²) >= 11 is 1.41. The molecule has 1 unspecified atom stereocenters. The summed E-state index contributed by atoms with van der Waals surface area (Å²) in [5.74, 6) is -1.18. The van der Waals surface area contributed by atoms with Gasteiger partial charge in [-0.15, -0.1) is 6.58 Å². The third kappa shape index (κ3) is 6.73. The Morgan fingerprint density at radius 1 is 1.06 bits per heavy atom. The number of rotatable bonds is 10. The topological polar surface area (TPSA) is 98.8 Å². The van der Waals surface area contributed by atoms with Gasteiger partial charge >= 0.3 is 0 Å². The lowest BCUT2D eigenvalue weighted by atomic mass is 10.0. The molecule has 2 N–H and O–H groups in total. The molecule has 8 nitrogen and oxygen atoms in total. The summed E-state index contributed by atoms with van der Waals surface area (Å²) in [4.78, 5) is 54.6. The maximum absolute atomic E-state index is 13.1. The van der Waals surface area contributed by atoms with Crippen LogP contribution in [0.2, 0.25) is 0 Å². The molecule has 0 bridgehead atoms. The number of carbonyl (C=O) groups is 4. The summed E-state index contributed by atoms with van der Waals surface area (Å²) in [6.45, 7) is 7.48. The molecule has 3 fully saturated rings. The van der Waals surface area contributed by atoms with E-state index in [2.05, 4.69) is 16.6 Å². The summed E-state index contributed by atoms with van der Waals surface area (Å²) < 4.78 is 2.82. The van der Waals surface area contributed by atoms with E-state index < -0.39 is 18.0 Å². The van der Waals surface area contributed by atoms with Crippen molar-refractivity contribution >= 4 is 35.6 Å². The number of amides is 4. The van der Waals surface area contributed by atoms with E-state index in [-0.39, 0.29) is 30.0 Å². The van der Waals surface area contributed by atoms with Gasteiger partial charge in [0.15, 0.2) is 0 Å². The fourth-order valence-corrected chi connectivity index (χ4v) is 5.07. The number of hydrogen-bond acceptors (Lipinski definition) is 5. The van der Waals surface area contributed by atoms with Crippen molar-refractivity contribution in [2.24, 2.45) is 5.92 Å². The lowest BCUT2D eigenvalue weighted by Gasteiger charge is -2.30. The summed E-state index contributed by atoms with van der Waals surface area (Å²) in [5.41, 5.74) is 0. The van der Waals surface area contributed by atoms with Crippen molar-refractivity contribution in [2.45, 2.75) is 82.0 Å². The molecule has 9 heteroatoms. The maximum Gasteiger partial charge on any atom is 0.252 e. The third-order valence-corrected chi connectivity index (χ3v) is 7.46. The molecular weight excluding hydrogens is 428 g/mol. The molecule has 0 spiro atoms. The van der Waals surface area contributed by atoms with Crippen LogP contribution in [0.3, 0.4) is 0 Å². The van der Waals surface area contributed by atoms with Gasteiger partial charge in [-0.25, -0.2) is 0 Å². The van der Waals surface area contributed by atoms with E-state index in [9.17, 15) is 19.2 Å². The number of piperidine rings is 1. The lowest BCUT2D eigenvalue weighted by Crippen LogP contribution is -2.53. The Balaban J connectivity index is 1.54. The predicted octanol–water partition coefficient (Wildman–Crippen LogP) is 2.00. The predicted molar refractivity (Wildman–Crippen MR) is 124 cm³/mol. The first-order valence-corrected chi connectivity index (χ1v) is 12.7. The van der Waals surface area contributed by atoms with Crippen molar-refractivity contribution < 1.29 is 19.2 Å². The van der Waals surface area contributed by atoms with Crippen LogP contribution in [0.25, 0.3) is 0 Å². The van der Waals surface area contributed by atoms with Gasteiger partial charge < -0.3 is 15.1 Å². The van der Waals surface area contributed by atoms with Crippen LogP contribution >= 0.6 is 11.9 Å². The Bertz CT molecular complexity index is 721.